The number of hydrogen-bond donors (Lipinski definition) is 1. The van der Waals surface area contributed by atoms with Crippen molar-refractivity contribution in [3.63, 3.8) is 0 Å². The Labute approximate surface area is 163 Å². The highest BCUT2D eigenvalue weighted by Gasteiger charge is 2.35. The number of rotatable bonds is 4. The summed E-state index contributed by atoms with van der Waals surface area (Å²) in [5.74, 6) is -0.815. The van der Waals surface area contributed by atoms with Gasteiger partial charge < -0.3 is 9.51 Å². The monoisotopic (exact) mass is 382 g/mol. The summed E-state index contributed by atoms with van der Waals surface area (Å²) in [5, 5.41) is 11.3. The summed E-state index contributed by atoms with van der Waals surface area (Å²) in [7, 11) is 0. The maximum Gasteiger partial charge on any atom is 0.162 e. The van der Waals surface area contributed by atoms with Crippen molar-refractivity contribution in [1.82, 2.24) is 9.38 Å². The first-order chi connectivity index (χ1) is 13.6. The van der Waals surface area contributed by atoms with Crippen molar-refractivity contribution >= 4 is 5.52 Å². The number of nitrogens with zero attached hydrogens (tertiary/aromatic N) is 2. The molecule has 0 saturated heterocycles. The fourth-order valence-electron chi connectivity index (χ4n) is 4.89. The van der Waals surface area contributed by atoms with Gasteiger partial charge >= 0.3 is 0 Å². The van der Waals surface area contributed by atoms with E-state index in [-0.39, 0.29) is 11.8 Å². The van der Waals surface area contributed by atoms with Gasteiger partial charge in [-0.25, -0.2) is 13.8 Å². The zero-order chi connectivity index (χ0) is 19.3. The molecule has 3 nitrogen and oxygen atoms in total. The lowest BCUT2D eigenvalue weighted by Gasteiger charge is -2.33. The number of pyridine rings is 1. The van der Waals surface area contributed by atoms with Crippen LogP contribution in [0.3, 0.4) is 0 Å². The van der Waals surface area contributed by atoms with Crippen LogP contribution in [0.2, 0.25) is 0 Å². The summed E-state index contributed by atoms with van der Waals surface area (Å²) < 4.78 is 29.8. The molecule has 2 saturated carbocycles. The Morgan fingerprint density at radius 3 is 2.39 bits per heavy atom. The Balaban J connectivity index is 1.39. The molecule has 0 aliphatic heterocycles. The second-order valence-corrected chi connectivity index (χ2v) is 8.34. The molecule has 3 aromatic rings. The average molecular weight is 382 g/mol. The molecule has 0 bridgehead atoms. The van der Waals surface area contributed by atoms with Gasteiger partial charge in [0, 0.05) is 0 Å². The molecule has 2 heterocycles. The van der Waals surface area contributed by atoms with E-state index in [0.29, 0.717) is 11.5 Å². The number of aromatic nitrogens is 2. The molecule has 2 aromatic heterocycles. The first-order valence-corrected chi connectivity index (χ1v) is 10.2. The van der Waals surface area contributed by atoms with Crippen LogP contribution in [0.15, 0.2) is 42.9 Å². The Morgan fingerprint density at radius 1 is 0.929 bits per heavy atom. The SMILES string of the molecule is OC(c1c(C2CC2)ccc2cncn12)C1CCC(c2cccc(F)c2F)CC1. The third kappa shape index (κ3) is 3.02. The molecule has 28 heavy (non-hydrogen) atoms. The van der Waals surface area contributed by atoms with Crippen molar-refractivity contribution in [2.24, 2.45) is 5.92 Å². The molecular formula is C23H24F2N2O. The van der Waals surface area contributed by atoms with Crippen molar-refractivity contribution in [1.29, 1.82) is 0 Å². The topological polar surface area (TPSA) is 37.5 Å². The molecule has 5 rings (SSSR count). The lowest BCUT2D eigenvalue weighted by Crippen LogP contribution is -2.23. The molecule has 1 atom stereocenters. The fraction of sp³-hybridized carbons (Fsp3) is 0.435. The predicted octanol–water partition coefficient (Wildman–Crippen LogP) is 5.50. The largest absolute Gasteiger partial charge is 0.387 e. The van der Waals surface area contributed by atoms with Crippen LogP contribution in [-0.4, -0.2) is 14.5 Å². The van der Waals surface area contributed by atoms with Crippen LogP contribution in [0.25, 0.3) is 5.52 Å². The molecule has 1 unspecified atom stereocenters. The van der Waals surface area contributed by atoms with Gasteiger partial charge in [0.25, 0.3) is 0 Å². The van der Waals surface area contributed by atoms with Gasteiger partial charge in [-0.2, -0.15) is 0 Å². The van der Waals surface area contributed by atoms with Gasteiger partial charge in [0.2, 0.25) is 0 Å². The van der Waals surface area contributed by atoms with E-state index < -0.39 is 17.7 Å². The summed E-state index contributed by atoms with van der Waals surface area (Å²) in [5.41, 5.74) is 3.67. The van der Waals surface area contributed by atoms with Crippen molar-refractivity contribution in [3.05, 3.63) is 71.3 Å². The maximum atomic E-state index is 14.2. The van der Waals surface area contributed by atoms with E-state index in [1.54, 1.807) is 18.5 Å². The molecule has 1 N–H and O–H groups in total. The van der Waals surface area contributed by atoms with E-state index in [1.807, 2.05) is 10.6 Å². The zero-order valence-corrected chi connectivity index (χ0v) is 15.7. The molecule has 2 aliphatic carbocycles. The van der Waals surface area contributed by atoms with Gasteiger partial charge in [0.05, 0.1) is 29.8 Å². The molecule has 5 heteroatoms. The Bertz CT molecular complexity index is 1000. The van der Waals surface area contributed by atoms with Gasteiger partial charge in [0.15, 0.2) is 11.6 Å². The summed E-state index contributed by atoms with van der Waals surface area (Å²) in [6.07, 6.45) is 8.52. The highest BCUT2D eigenvalue weighted by Crippen LogP contribution is 2.47. The van der Waals surface area contributed by atoms with Crippen molar-refractivity contribution in [3.8, 4) is 0 Å². The molecule has 2 aliphatic rings. The summed E-state index contributed by atoms with van der Waals surface area (Å²) >= 11 is 0. The Morgan fingerprint density at radius 2 is 1.64 bits per heavy atom. The zero-order valence-electron chi connectivity index (χ0n) is 15.7. The van der Waals surface area contributed by atoms with E-state index >= 15 is 0 Å². The third-order valence-corrected chi connectivity index (χ3v) is 6.59. The van der Waals surface area contributed by atoms with E-state index in [0.717, 1.165) is 36.9 Å². The van der Waals surface area contributed by atoms with Gasteiger partial charge in [-0.05, 0) is 79.5 Å². The Kier molecular flexibility index (Phi) is 4.43. The highest BCUT2D eigenvalue weighted by molar-refractivity contribution is 5.50. The minimum Gasteiger partial charge on any atom is -0.387 e. The minimum atomic E-state index is -0.777. The second kappa shape index (κ2) is 6.96. The average Bonchev–Trinajstić information content (AvgIpc) is 3.45. The molecular weight excluding hydrogens is 358 g/mol. The van der Waals surface area contributed by atoms with Crippen LogP contribution in [-0.2, 0) is 0 Å². The quantitative estimate of drug-likeness (QED) is 0.647. The summed E-state index contributed by atoms with van der Waals surface area (Å²) in [4.78, 5) is 4.25. The number of fused-ring (bicyclic) bond motifs is 1. The number of halogens is 2. The standard InChI is InChI=1S/C23H24F2N2O/c24-20-3-1-2-18(21(20)25)14-6-8-16(9-7-14)23(28)22-19(15-4-5-15)11-10-17-12-26-13-27(17)22/h1-3,10-16,23,28H,4-9H2. The minimum absolute atomic E-state index is 0.0195. The lowest BCUT2D eigenvalue weighted by molar-refractivity contribution is 0.0751. The molecule has 2 fully saturated rings. The van der Waals surface area contributed by atoms with E-state index in [4.69, 9.17) is 0 Å². The van der Waals surface area contributed by atoms with Gasteiger partial charge in [-0.1, -0.05) is 18.2 Å². The highest BCUT2D eigenvalue weighted by atomic mass is 19.2. The molecule has 0 radical (unpaired) electrons. The summed E-state index contributed by atoms with van der Waals surface area (Å²) in [6.45, 7) is 0. The molecule has 146 valence electrons. The van der Waals surface area contributed by atoms with Crippen molar-refractivity contribution in [2.75, 3.05) is 0 Å². The first kappa shape index (κ1) is 17.8. The van der Waals surface area contributed by atoms with Gasteiger partial charge in [-0.15, -0.1) is 0 Å². The van der Waals surface area contributed by atoms with Gasteiger partial charge in [0.1, 0.15) is 0 Å². The van der Waals surface area contributed by atoms with Crippen LogP contribution in [0.4, 0.5) is 8.78 Å². The molecule has 1 aromatic carbocycles. The fourth-order valence-corrected chi connectivity index (χ4v) is 4.89. The van der Waals surface area contributed by atoms with Crippen molar-refractivity contribution in [2.45, 2.75) is 56.5 Å². The molecule has 0 spiro atoms. The third-order valence-electron chi connectivity index (χ3n) is 6.59. The Hall–Kier alpha value is -2.27. The van der Waals surface area contributed by atoms with Crippen LogP contribution < -0.4 is 0 Å². The van der Waals surface area contributed by atoms with Gasteiger partial charge in [-0.3, -0.25) is 0 Å². The van der Waals surface area contributed by atoms with E-state index in [2.05, 4.69) is 17.1 Å². The lowest BCUT2D eigenvalue weighted by atomic mass is 9.75. The number of hydrogen-bond acceptors (Lipinski definition) is 2. The second-order valence-electron chi connectivity index (χ2n) is 8.34. The normalized spacial score (nSPS) is 23.8. The number of benzene rings is 1. The first-order valence-electron chi connectivity index (χ1n) is 10.2. The van der Waals surface area contributed by atoms with Crippen molar-refractivity contribution < 1.29 is 13.9 Å². The molecule has 0 amide bonds. The van der Waals surface area contributed by atoms with Crippen LogP contribution in [0.1, 0.15) is 73.3 Å². The van der Waals surface area contributed by atoms with E-state index in [9.17, 15) is 13.9 Å². The smallest absolute Gasteiger partial charge is 0.162 e. The summed E-state index contributed by atoms with van der Waals surface area (Å²) in [6, 6.07) is 8.65. The van der Waals surface area contributed by atoms with Crippen LogP contribution >= 0.6 is 0 Å². The predicted molar refractivity (Wildman–Crippen MR) is 103 cm³/mol. The number of imidazole rings is 1. The van der Waals surface area contributed by atoms with Crippen LogP contribution in [0, 0.1) is 17.6 Å². The number of aliphatic hydroxyl groups excluding tert-OH is 1. The van der Waals surface area contributed by atoms with Crippen LogP contribution in [0.5, 0.6) is 0 Å². The van der Waals surface area contributed by atoms with E-state index in [1.165, 1.54) is 24.5 Å². The number of aliphatic hydroxyl groups is 1. The maximum absolute atomic E-state index is 14.2.